The van der Waals surface area contributed by atoms with Crippen molar-refractivity contribution in [2.45, 2.75) is 50.9 Å². The minimum absolute atomic E-state index is 0.0944. The van der Waals surface area contributed by atoms with E-state index < -0.39 is 24.2 Å². The van der Waals surface area contributed by atoms with Crippen LogP contribution in [0.25, 0.3) is 0 Å². The lowest BCUT2D eigenvalue weighted by molar-refractivity contribution is -0.158. The van der Waals surface area contributed by atoms with E-state index in [1.165, 1.54) is 4.90 Å². The molecule has 148 valence electrons. The number of alkyl halides is 3. The van der Waals surface area contributed by atoms with E-state index in [1.54, 1.807) is 12.1 Å². The Morgan fingerprint density at radius 1 is 1.11 bits per heavy atom. The third kappa shape index (κ3) is 4.93. The third-order valence-electron chi connectivity index (χ3n) is 5.23. The molecular weight excluding hydrogens is 359 g/mol. The summed E-state index contributed by atoms with van der Waals surface area (Å²) >= 11 is 0. The van der Waals surface area contributed by atoms with Gasteiger partial charge in [-0.1, -0.05) is 18.2 Å². The predicted octanol–water partition coefficient (Wildman–Crippen LogP) is 3.24. The summed E-state index contributed by atoms with van der Waals surface area (Å²) in [5.74, 6) is -0.665. The van der Waals surface area contributed by atoms with Crippen LogP contribution in [0.5, 0.6) is 0 Å². The number of nitrogens with one attached hydrogen (secondary N) is 2. The third-order valence-corrected chi connectivity index (χ3v) is 5.23. The molecular formula is C19H24F3N3O2. The zero-order valence-electron chi connectivity index (χ0n) is 15.2. The van der Waals surface area contributed by atoms with Crippen molar-refractivity contribution < 1.29 is 22.8 Å². The summed E-state index contributed by atoms with van der Waals surface area (Å²) in [6.45, 7) is 2.50. The predicted molar refractivity (Wildman–Crippen MR) is 94.3 cm³/mol. The van der Waals surface area contributed by atoms with Crippen LogP contribution >= 0.6 is 0 Å². The second-order valence-corrected chi connectivity index (χ2v) is 7.36. The summed E-state index contributed by atoms with van der Waals surface area (Å²) in [7, 11) is 0. The van der Waals surface area contributed by atoms with E-state index in [-0.39, 0.29) is 11.9 Å². The zero-order valence-corrected chi connectivity index (χ0v) is 15.2. The van der Waals surface area contributed by atoms with Crippen molar-refractivity contribution in [3.63, 3.8) is 0 Å². The number of hydrogen-bond donors (Lipinski definition) is 2. The van der Waals surface area contributed by atoms with Crippen molar-refractivity contribution in [2.75, 3.05) is 13.1 Å². The first-order chi connectivity index (χ1) is 12.8. The number of nitrogens with zero attached hydrogens (tertiary/aromatic N) is 1. The highest BCUT2D eigenvalue weighted by Crippen LogP contribution is 2.40. The SMILES string of the molecule is Cc1ccccc1C(=O)NC1CCN(C(=O)NC(C2CC2)C(F)(F)F)CC1. The highest BCUT2D eigenvalue weighted by Gasteiger charge is 2.50. The Hall–Kier alpha value is -2.25. The van der Waals surface area contributed by atoms with Crippen molar-refractivity contribution in [2.24, 2.45) is 5.92 Å². The molecule has 27 heavy (non-hydrogen) atoms. The molecule has 1 heterocycles. The molecule has 1 aromatic carbocycles. The lowest BCUT2D eigenvalue weighted by Gasteiger charge is -2.34. The van der Waals surface area contributed by atoms with Crippen LogP contribution in [-0.2, 0) is 0 Å². The van der Waals surface area contributed by atoms with Gasteiger partial charge in [0, 0.05) is 24.7 Å². The number of amides is 3. The monoisotopic (exact) mass is 383 g/mol. The maximum Gasteiger partial charge on any atom is 0.408 e. The Kier molecular flexibility index (Phi) is 5.62. The Morgan fingerprint density at radius 2 is 1.74 bits per heavy atom. The first-order valence-electron chi connectivity index (χ1n) is 9.24. The lowest BCUT2D eigenvalue weighted by Crippen LogP contribution is -2.54. The number of carbonyl (C=O) groups excluding carboxylic acids is 2. The van der Waals surface area contributed by atoms with E-state index in [0.717, 1.165) is 5.56 Å². The van der Waals surface area contributed by atoms with Crippen LogP contribution in [0.3, 0.4) is 0 Å². The normalized spacial score (nSPS) is 19.5. The van der Waals surface area contributed by atoms with Crippen LogP contribution in [0.1, 0.15) is 41.6 Å². The standard InChI is InChI=1S/C19H24F3N3O2/c1-12-4-2-3-5-15(12)17(26)23-14-8-10-25(11-9-14)18(27)24-16(13-6-7-13)19(20,21)22/h2-5,13-14,16H,6-11H2,1H3,(H,23,26)(H,24,27). The van der Waals surface area contributed by atoms with E-state index in [9.17, 15) is 22.8 Å². The topological polar surface area (TPSA) is 61.4 Å². The summed E-state index contributed by atoms with van der Waals surface area (Å²) < 4.78 is 39.2. The molecule has 3 rings (SSSR count). The van der Waals surface area contributed by atoms with Gasteiger partial charge >= 0.3 is 12.2 Å². The summed E-state index contributed by atoms with van der Waals surface area (Å²) in [5, 5.41) is 5.10. The second-order valence-electron chi connectivity index (χ2n) is 7.36. The van der Waals surface area contributed by atoms with E-state index in [0.29, 0.717) is 44.3 Å². The van der Waals surface area contributed by atoms with E-state index in [2.05, 4.69) is 10.6 Å². The fourth-order valence-electron chi connectivity index (χ4n) is 3.44. The van der Waals surface area contributed by atoms with Gasteiger partial charge in [0.15, 0.2) is 0 Å². The van der Waals surface area contributed by atoms with Gasteiger partial charge in [-0.15, -0.1) is 0 Å². The molecule has 2 aliphatic rings. The van der Waals surface area contributed by atoms with Crippen molar-refractivity contribution in [1.82, 2.24) is 15.5 Å². The van der Waals surface area contributed by atoms with E-state index in [4.69, 9.17) is 0 Å². The van der Waals surface area contributed by atoms with Crippen molar-refractivity contribution in [3.05, 3.63) is 35.4 Å². The smallest absolute Gasteiger partial charge is 0.349 e. The molecule has 1 saturated carbocycles. The van der Waals surface area contributed by atoms with Crippen LogP contribution in [0.2, 0.25) is 0 Å². The Balaban J connectivity index is 1.49. The summed E-state index contributed by atoms with van der Waals surface area (Å²) in [5.41, 5.74) is 1.49. The van der Waals surface area contributed by atoms with Crippen LogP contribution in [0.15, 0.2) is 24.3 Å². The molecule has 1 aromatic rings. The highest BCUT2D eigenvalue weighted by atomic mass is 19.4. The summed E-state index contributed by atoms with van der Waals surface area (Å²) in [6, 6.07) is 4.74. The zero-order chi connectivity index (χ0) is 19.6. The van der Waals surface area contributed by atoms with Gasteiger partial charge in [0.2, 0.25) is 0 Å². The number of aryl methyl sites for hydroxylation is 1. The fraction of sp³-hybridized carbons (Fsp3) is 0.579. The van der Waals surface area contributed by atoms with Crippen LogP contribution < -0.4 is 10.6 Å². The highest BCUT2D eigenvalue weighted by molar-refractivity contribution is 5.95. The maximum absolute atomic E-state index is 13.1. The Morgan fingerprint density at radius 3 is 2.30 bits per heavy atom. The van der Waals surface area contributed by atoms with E-state index >= 15 is 0 Å². The molecule has 2 N–H and O–H groups in total. The molecule has 1 unspecified atom stereocenters. The van der Waals surface area contributed by atoms with Gasteiger partial charge in [0.1, 0.15) is 6.04 Å². The molecule has 0 aromatic heterocycles. The second kappa shape index (κ2) is 7.78. The van der Waals surface area contributed by atoms with Crippen molar-refractivity contribution in [3.8, 4) is 0 Å². The average molecular weight is 383 g/mol. The van der Waals surface area contributed by atoms with Gasteiger partial charge in [0.05, 0.1) is 0 Å². The van der Waals surface area contributed by atoms with Crippen LogP contribution in [0.4, 0.5) is 18.0 Å². The molecule has 5 nitrogen and oxygen atoms in total. The van der Waals surface area contributed by atoms with E-state index in [1.807, 2.05) is 19.1 Å². The van der Waals surface area contributed by atoms with Gasteiger partial charge < -0.3 is 15.5 Å². The summed E-state index contributed by atoms with van der Waals surface area (Å²) in [6.07, 6.45) is -2.39. The minimum atomic E-state index is -4.42. The number of rotatable bonds is 4. The molecule has 3 amide bonds. The molecule has 2 fully saturated rings. The minimum Gasteiger partial charge on any atom is -0.349 e. The molecule has 0 spiro atoms. The largest absolute Gasteiger partial charge is 0.408 e. The molecule has 8 heteroatoms. The maximum atomic E-state index is 13.1. The van der Waals surface area contributed by atoms with Crippen LogP contribution in [-0.4, -0.2) is 48.2 Å². The first kappa shape index (κ1) is 19.5. The molecule has 1 saturated heterocycles. The van der Waals surface area contributed by atoms with Gasteiger partial charge in [0.25, 0.3) is 5.91 Å². The van der Waals surface area contributed by atoms with Crippen molar-refractivity contribution in [1.29, 1.82) is 0 Å². The van der Waals surface area contributed by atoms with Crippen LogP contribution in [0, 0.1) is 12.8 Å². The van der Waals surface area contributed by atoms with Gasteiger partial charge in [-0.05, 0) is 50.2 Å². The van der Waals surface area contributed by atoms with Gasteiger partial charge in [-0.25, -0.2) is 4.79 Å². The number of piperidine rings is 1. The molecule has 1 aliphatic heterocycles. The number of urea groups is 1. The Labute approximate surface area is 156 Å². The average Bonchev–Trinajstić information content (AvgIpc) is 3.44. The quantitative estimate of drug-likeness (QED) is 0.839. The number of carbonyl (C=O) groups is 2. The van der Waals surface area contributed by atoms with Gasteiger partial charge in [-0.3, -0.25) is 4.79 Å². The Bertz CT molecular complexity index is 696. The number of halogens is 3. The van der Waals surface area contributed by atoms with Gasteiger partial charge in [-0.2, -0.15) is 13.2 Å². The number of benzene rings is 1. The fourth-order valence-corrected chi connectivity index (χ4v) is 3.44. The molecule has 0 bridgehead atoms. The number of likely N-dealkylation sites (tertiary alicyclic amines) is 1. The lowest BCUT2D eigenvalue weighted by atomic mass is 10.0. The van der Waals surface area contributed by atoms with Crippen molar-refractivity contribution >= 4 is 11.9 Å². The first-order valence-corrected chi connectivity index (χ1v) is 9.24. The summed E-state index contributed by atoms with van der Waals surface area (Å²) in [4.78, 5) is 26.0. The number of hydrogen-bond acceptors (Lipinski definition) is 2. The molecule has 1 aliphatic carbocycles. The molecule has 0 radical (unpaired) electrons. The molecule has 1 atom stereocenters.